The molecule has 1 aromatic rings. The number of carboxylic acid groups (broad SMARTS) is 1. The molecule has 0 radical (unpaired) electrons. The summed E-state index contributed by atoms with van der Waals surface area (Å²) in [5, 5.41) is 13.3. The maximum atomic E-state index is 11.5. The minimum absolute atomic E-state index is 0.191. The molecule has 1 fully saturated rings. The first-order valence-electron chi connectivity index (χ1n) is 10.6. The topological polar surface area (TPSA) is 61.8 Å². The lowest BCUT2D eigenvalue weighted by Crippen LogP contribution is -2.45. The molecule has 0 saturated carbocycles. The van der Waals surface area contributed by atoms with E-state index >= 15 is 0 Å². The van der Waals surface area contributed by atoms with Crippen molar-refractivity contribution in [3.05, 3.63) is 23.3 Å². The summed E-state index contributed by atoms with van der Waals surface area (Å²) in [5.41, 5.74) is 2.57. The van der Waals surface area contributed by atoms with Crippen molar-refractivity contribution >= 4 is 17.7 Å². The van der Waals surface area contributed by atoms with E-state index < -0.39 is 5.97 Å². The number of carbonyl (C=O) groups is 1. The number of hydrogen-bond acceptors (Lipinski definition) is 5. The summed E-state index contributed by atoms with van der Waals surface area (Å²) in [6, 6.07) is 4.02. The summed E-state index contributed by atoms with van der Waals surface area (Å²) in [5.74, 6) is 1.23. The number of methoxy groups -OCH3 is 1. The summed E-state index contributed by atoms with van der Waals surface area (Å²) in [7, 11) is 1.71. The Hall–Kier alpha value is -1.24. The molecule has 1 aromatic carbocycles. The van der Waals surface area contributed by atoms with Crippen molar-refractivity contribution in [2.75, 3.05) is 19.4 Å². The lowest BCUT2D eigenvalue weighted by Gasteiger charge is -2.32. The molecule has 1 saturated heterocycles. The molecule has 0 bridgehead atoms. The number of benzene rings is 1. The van der Waals surface area contributed by atoms with E-state index in [9.17, 15) is 9.90 Å². The van der Waals surface area contributed by atoms with E-state index in [1.54, 1.807) is 7.11 Å². The van der Waals surface area contributed by atoms with Gasteiger partial charge in [-0.15, -0.1) is 11.8 Å². The standard InChI is InChI=1S/C22H34N2O3S/c1-4-6-9-22(5-2)15-28-20-12-17(19(27-3)11-16(20)13-23-22)14-24-10-7-8-18(24)21(25)26/h11-12,18,23H,4-10,13-15H2,1-3H3,(H,25,26)/t18?,22-/m1/s1. The molecule has 2 atom stereocenters. The molecule has 3 rings (SSSR count). The van der Waals surface area contributed by atoms with Crippen molar-refractivity contribution < 1.29 is 14.6 Å². The third kappa shape index (κ3) is 4.66. The molecule has 2 N–H and O–H groups in total. The molecular formula is C22H34N2O3S. The SMILES string of the molecule is CCCC[C@]1(CC)CSc2cc(CN3CCCC3C(=O)O)c(OC)cc2CN1. The number of carboxylic acids is 1. The van der Waals surface area contributed by atoms with Crippen LogP contribution in [0.3, 0.4) is 0 Å². The van der Waals surface area contributed by atoms with Crippen LogP contribution in [0.25, 0.3) is 0 Å². The zero-order chi connectivity index (χ0) is 20.1. The fraction of sp³-hybridized carbons (Fsp3) is 0.682. The first-order chi connectivity index (χ1) is 13.5. The van der Waals surface area contributed by atoms with Crippen molar-refractivity contribution in [2.45, 2.75) is 81.9 Å². The summed E-state index contributed by atoms with van der Waals surface area (Å²) in [6.07, 6.45) is 6.49. The van der Waals surface area contributed by atoms with Gasteiger partial charge in [0.25, 0.3) is 0 Å². The predicted octanol–water partition coefficient (Wildman–Crippen LogP) is 4.28. The van der Waals surface area contributed by atoms with Gasteiger partial charge in [-0.3, -0.25) is 9.69 Å². The monoisotopic (exact) mass is 406 g/mol. The van der Waals surface area contributed by atoms with E-state index in [2.05, 4.69) is 36.2 Å². The second kappa shape index (κ2) is 9.51. The number of nitrogens with one attached hydrogen (secondary N) is 1. The highest BCUT2D eigenvalue weighted by Gasteiger charge is 2.33. The predicted molar refractivity (Wildman–Crippen MR) is 114 cm³/mol. The largest absolute Gasteiger partial charge is 0.496 e. The van der Waals surface area contributed by atoms with Crippen LogP contribution in [0, 0.1) is 0 Å². The molecule has 0 aromatic heterocycles. The zero-order valence-corrected chi connectivity index (χ0v) is 18.2. The van der Waals surface area contributed by atoms with E-state index in [0.717, 1.165) is 49.4 Å². The molecule has 2 aliphatic rings. The van der Waals surface area contributed by atoms with Crippen molar-refractivity contribution in [2.24, 2.45) is 0 Å². The highest BCUT2D eigenvalue weighted by atomic mass is 32.2. The van der Waals surface area contributed by atoms with E-state index in [1.807, 2.05) is 11.8 Å². The lowest BCUT2D eigenvalue weighted by atomic mass is 9.91. The minimum Gasteiger partial charge on any atom is -0.496 e. The summed E-state index contributed by atoms with van der Waals surface area (Å²) in [4.78, 5) is 14.9. The number of likely N-dealkylation sites (tertiary alicyclic amines) is 1. The number of aliphatic carboxylic acids is 1. The zero-order valence-electron chi connectivity index (χ0n) is 17.4. The third-order valence-corrected chi connectivity index (χ3v) is 7.72. The van der Waals surface area contributed by atoms with Gasteiger partial charge in [0.15, 0.2) is 0 Å². The molecular weight excluding hydrogens is 372 g/mol. The summed E-state index contributed by atoms with van der Waals surface area (Å²) in [6.45, 7) is 6.86. The number of nitrogens with zero attached hydrogens (tertiary/aromatic N) is 1. The summed E-state index contributed by atoms with van der Waals surface area (Å²) < 4.78 is 5.69. The van der Waals surface area contributed by atoms with Gasteiger partial charge in [-0.1, -0.05) is 26.7 Å². The van der Waals surface area contributed by atoms with Gasteiger partial charge in [-0.25, -0.2) is 0 Å². The van der Waals surface area contributed by atoms with Gasteiger partial charge >= 0.3 is 5.97 Å². The van der Waals surface area contributed by atoms with E-state index in [4.69, 9.17) is 4.74 Å². The molecule has 28 heavy (non-hydrogen) atoms. The van der Waals surface area contributed by atoms with Crippen LogP contribution in [0.15, 0.2) is 17.0 Å². The number of unbranched alkanes of at least 4 members (excludes halogenated alkanes) is 1. The average molecular weight is 407 g/mol. The van der Waals surface area contributed by atoms with E-state index in [0.29, 0.717) is 6.54 Å². The number of rotatable bonds is 8. The van der Waals surface area contributed by atoms with Gasteiger partial charge < -0.3 is 15.2 Å². The van der Waals surface area contributed by atoms with Crippen LogP contribution in [-0.2, 0) is 17.9 Å². The van der Waals surface area contributed by atoms with Gasteiger partial charge in [-0.05, 0) is 49.9 Å². The Morgan fingerprint density at radius 2 is 2.25 bits per heavy atom. The first-order valence-corrected chi connectivity index (χ1v) is 11.5. The van der Waals surface area contributed by atoms with Crippen molar-refractivity contribution in [1.29, 1.82) is 0 Å². The molecule has 2 heterocycles. The molecule has 6 heteroatoms. The van der Waals surface area contributed by atoms with Crippen molar-refractivity contribution in [3.8, 4) is 5.75 Å². The van der Waals surface area contributed by atoms with Crippen molar-refractivity contribution in [1.82, 2.24) is 10.2 Å². The third-order valence-electron chi connectivity index (χ3n) is 6.33. The van der Waals surface area contributed by atoms with Gasteiger partial charge in [0.05, 0.1) is 7.11 Å². The van der Waals surface area contributed by atoms with Crippen LogP contribution in [0.1, 0.15) is 63.5 Å². The van der Waals surface area contributed by atoms with E-state index in [-0.39, 0.29) is 11.6 Å². The maximum absolute atomic E-state index is 11.5. The number of fused-ring (bicyclic) bond motifs is 1. The molecule has 0 amide bonds. The van der Waals surface area contributed by atoms with Crippen LogP contribution < -0.4 is 10.1 Å². The Bertz CT molecular complexity index is 697. The fourth-order valence-corrected chi connectivity index (χ4v) is 5.80. The van der Waals surface area contributed by atoms with Crippen LogP contribution in [0.5, 0.6) is 5.75 Å². The second-order valence-corrected chi connectivity index (χ2v) is 9.14. The number of hydrogen-bond donors (Lipinski definition) is 2. The van der Waals surface area contributed by atoms with Gasteiger partial charge in [-0.2, -0.15) is 0 Å². The minimum atomic E-state index is -0.714. The highest BCUT2D eigenvalue weighted by Crippen LogP contribution is 2.38. The highest BCUT2D eigenvalue weighted by molar-refractivity contribution is 7.99. The molecule has 0 aliphatic carbocycles. The van der Waals surface area contributed by atoms with E-state index in [1.165, 1.54) is 29.7 Å². The molecule has 0 spiro atoms. The molecule has 1 unspecified atom stereocenters. The number of ether oxygens (including phenoxy) is 1. The van der Waals surface area contributed by atoms with Crippen LogP contribution in [0.4, 0.5) is 0 Å². The Balaban J connectivity index is 1.81. The Kier molecular flexibility index (Phi) is 7.29. The Labute approximate surface area is 173 Å². The van der Waals surface area contributed by atoms with Gasteiger partial charge in [0.1, 0.15) is 11.8 Å². The Morgan fingerprint density at radius 1 is 1.43 bits per heavy atom. The maximum Gasteiger partial charge on any atom is 0.320 e. The van der Waals surface area contributed by atoms with Gasteiger partial charge in [0, 0.05) is 34.8 Å². The molecule has 156 valence electrons. The molecule has 2 aliphatic heterocycles. The summed E-state index contributed by atoms with van der Waals surface area (Å²) >= 11 is 1.94. The smallest absolute Gasteiger partial charge is 0.320 e. The van der Waals surface area contributed by atoms with Crippen LogP contribution >= 0.6 is 11.8 Å². The number of thioether (sulfide) groups is 1. The quantitative estimate of drug-likeness (QED) is 0.672. The van der Waals surface area contributed by atoms with Gasteiger partial charge in [0.2, 0.25) is 0 Å². The van der Waals surface area contributed by atoms with Crippen LogP contribution in [-0.4, -0.2) is 47.0 Å². The first kappa shape index (κ1) is 21.5. The van der Waals surface area contributed by atoms with Crippen molar-refractivity contribution in [3.63, 3.8) is 0 Å². The Morgan fingerprint density at radius 3 is 2.93 bits per heavy atom. The van der Waals surface area contributed by atoms with Crippen LogP contribution in [0.2, 0.25) is 0 Å². The normalized spacial score (nSPS) is 25.3. The lowest BCUT2D eigenvalue weighted by molar-refractivity contribution is -0.142. The molecule has 5 nitrogen and oxygen atoms in total. The fourth-order valence-electron chi connectivity index (χ4n) is 4.37. The average Bonchev–Trinajstić information content (AvgIpc) is 3.09. The second-order valence-electron chi connectivity index (χ2n) is 8.12.